The maximum Gasteiger partial charge on any atom is 0.276 e. The minimum atomic E-state index is -0.145. The van der Waals surface area contributed by atoms with Crippen LogP contribution in [0.5, 0.6) is 0 Å². The Kier molecular flexibility index (Phi) is 5.50. The number of nitrogens with zero attached hydrogens (tertiary/aromatic N) is 5. The molecule has 0 aromatic carbocycles. The number of carbonyl (C=O) groups excluding carboxylic acids is 1. The summed E-state index contributed by atoms with van der Waals surface area (Å²) < 4.78 is 0. The Labute approximate surface area is 153 Å². The number of hydrogen-bond donors (Lipinski definition) is 2. The highest BCUT2D eigenvalue weighted by atomic mass is 16.2. The van der Waals surface area contributed by atoms with Gasteiger partial charge in [0.15, 0.2) is 11.5 Å². The summed E-state index contributed by atoms with van der Waals surface area (Å²) in [6.45, 7) is 1.36. The quantitative estimate of drug-likeness (QED) is 0.859. The number of likely N-dealkylation sites (tertiary alicyclic amines) is 1. The van der Waals surface area contributed by atoms with Crippen LogP contribution in [0, 0.1) is 0 Å². The number of carbonyl (C=O) groups is 1. The third-order valence-electron chi connectivity index (χ3n) is 4.52. The third kappa shape index (κ3) is 4.19. The van der Waals surface area contributed by atoms with E-state index in [1.54, 1.807) is 0 Å². The number of nitrogen functional groups attached to an aromatic ring is 1. The molecule has 0 aliphatic carbocycles. The molecule has 0 spiro atoms. The van der Waals surface area contributed by atoms with Crippen LogP contribution in [0.3, 0.4) is 0 Å². The second-order valence-corrected chi connectivity index (χ2v) is 6.65. The third-order valence-corrected chi connectivity index (χ3v) is 4.52. The lowest BCUT2D eigenvalue weighted by Gasteiger charge is -2.21. The topological polar surface area (TPSA) is 100 Å². The van der Waals surface area contributed by atoms with Gasteiger partial charge >= 0.3 is 0 Å². The predicted octanol–water partition coefficient (Wildman–Crippen LogP) is 1.63. The Morgan fingerprint density at radius 2 is 2.00 bits per heavy atom. The predicted molar refractivity (Wildman–Crippen MR) is 102 cm³/mol. The molecule has 1 unspecified atom stereocenters. The van der Waals surface area contributed by atoms with Gasteiger partial charge in [-0.3, -0.25) is 4.79 Å². The molecule has 1 atom stereocenters. The SMILES string of the molecule is CN(C)c1ccc(NC2CCCN(C(=O)c3nccnc3N)CC2)cn1. The zero-order valence-corrected chi connectivity index (χ0v) is 15.2. The second-order valence-electron chi connectivity index (χ2n) is 6.65. The Hall–Kier alpha value is -2.90. The molecule has 138 valence electrons. The van der Waals surface area contributed by atoms with Crippen molar-refractivity contribution in [3.63, 3.8) is 0 Å². The van der Waals surface area contributed by atoms with Crippen molar-refractivity contribution in [2.75, 3.05) is 43.1 Å². The average Bonchev–Trinajstić information content (AvgIpc) is 2.88. The maximum absolute atomic E-state index is 12.6. The second kappa shape index (κ2) is 7.99. The molecule has 1 aliphatic rings. The minimum absolute atomic E-state index is 0.145. The van der Waals surface area contributed by atoms with Gasteiger partial charge in [-0.05, 0) is 31.4 Å². The van der Waals surface area contributed by atoms with Crippen LogP contribution in [0.15, 0.2) is 30.7 Å². The van der Waals surface area contributed by atoms with Gasteiger partial charge < -0.3 is 20.9 Å². The Bertz CT molecular complexity index is 747. The van der Waals surface area contributed by atoms with E-state index in [1.807, 2.05) is 42.2 Å². The minimum Gasteiger partial charge on any atom is -0.382 e. The summed E-state index contributed by atoms with van der Waals surface area (Å²) in [5.41, 5.74) is 7.02. The Balaban J connectivity index is 1.59. The number of nitrogens with one attached hydrogen (secondary N) is 1. The van der Waals surface area contributed by atoms with Crippen molar-refractivity contribution in [1.82, 2.24) is 19.9 Å². The molecule has 0 bridgehead atoms. The maximum atomic E-state index is 12.6. The first-order valence-corrected chi connectivity index (χ1v) is 8.80. The molecule has 1 aliphatic heterocycles. The molecule has 0 saturated carbocycles. The molecule has 1 fully saturated rings. The van der Waals surface area contributed by atoms with Crippen LogP contribution in [-0.4, -0.2) is 59.0 Å². The Morgan fingerprint density at radius 3 is 2.69 bits per heavy atom. The fourth-order valence-corrected chi connectivity index (χ4v) is 3.08. The van der Waals surface area contributed by atoms with E-state index in [0.717, 1.165) is 30.8 Å². The summed E-state index contributed by atoms with van der Waals surface area (Å²) in [6.07, 6.45) is 7.62. The summed E-state index contributed by atoms with van der Waals surface area (Å²) in [6, 6.07) is 4.33. The lowest BCUT2D eigenvalue weighted by molar-refractivity contribution is 0.0756. The van der Waals surface area contributed by atoms with E-state index in [4.69, 9.17) is 5.73 Å². The highest BCUT2D eigenvalue weighted by Crippen LogP contribution is 2.19. The molecule has 8 heteroatoms. The van der Waals surface area contributed by atoms with Crippen LogP contribution >= 0.6 is 0 Å². The zero-order valence-electron chi connectivity index (χ0n) is 15.2. The molecular weight excluding hydrogens is 330 g/mol. The first-order valence-electron chi connectivity index (χ1n) is 8.80. The lowest BCUT2D eigenvalue weighted by atomic mass is 10.1. The van der Waals surface area contributed by atoms with Gasteiger partial charge in [-0.15, -0.1) is 0 Å². The van der Waals surface area contributed by atoms with Crippen molar-refractivity contribution in [3.8, 4) is 0 Å². The van der Waals surface area contributed by atoms with Crippen molar-refractivity contribution >= 4 is 23.2 Å². The number of nitrogens with two attached hydrogens (primary N) is 1. The van der Waals surface area contributed by atoms with Crippen LogP contribution in [-0.2, 0) is 0 Å². The van der Waals surface area contributed by atoms with Crippen molar-refractivity contribution in [1.29, 1.82) is 0 Å². The van der Waals surface area contributed by atoms with Crippen molar-refractivity contribution in [3.05, 3.63) is 36.4 Å². The molecule has 2 aromatic rings. The highest BCUT2D eigenvalue weighted by Gasteiger charge is 2.24. The summed E-state index contributed by atoms with van der Waals surface area (Å²) in [5, 5.41) is 3.53. The van der Waals surface area contributed by atoms with E-state index in [0.29, 0.717) is 19.1 Å². The van der Waals surface area contributed by atoms with Crippen molar-refractivity contribution < 1.29 is 4.79 Å². The van der Waals surface area contributed by atoms with Gasteiger partial charge in [0.1, 0.15) is 5.82 Å². The van der Waals surface area contributed by atoms with Crippen LogP contribution in [0.2, 0.25) is 0 Å². The first kappa shape index (κ1) is 17.9. The fraction of sp³-hybridized carbons (Fsp3) is 0.444. The summed E-state index contributed by atoms with van der Waals surface area (Å²) in [4.78, 5) is 28.9. The molecule has 3 heterocycles. The number of hydrogen-bond acceptors (Lipinski definition) is 7. The van der Waals surface area contributed by atoms with Crippen molar-refractivity contribution in [2.24, 2.45) is 0 Å². The lowest BCUT2D eigenvalue weighted by Crippen LogP contribution is -2.34. The van der Waals surface area contributed by atoms with E-state index in [-0.39, 0.29) is 17.4 Å². The van der Waals surface area contributed by atoms with Crippen LogP contribution < -0.4 is 16.0 Å². The smallest absolute Gasteiger partial charge is 0.276 e. The van der Waals surface area contributed by atoms with Gasteiger partial charge in [0.2, 0.25) is 0 Å². The number of aromatic nitrogens is 3. The van der Waals surface area contributed by atoms with E-state index in [9.17, 15) is 4.79 Å². The van der Waals surface area contributed by atoms with Gasteiger partial charge in [-0.25, -0.2) is 15.0 Å². The van der Waals surface area contributed by atoms with Gasteiger partial charge in [-0.2, -0.15) is 0 Å². The Morgan fingerprint density at radius 1 is 1.19 bits per heavy atom. The largest absolute Gasteiger partial charge is 0.382 e. The van der Waals surface area contributed by atoms with Crippen molar-refractivity contribution in [2.45, 2.75) is 25.3 Å². The summed E-state index contributed by atoms with van der Waals surface area (Å²) >= 11 is 0. The average molecular weight is 355 g/mol. The van der Waals surface area contributed by atoms with E-state index >= 15 is 0 Å². The monoisotopic (exact) mass is 355 g/mol. The number of amides is 1. The molecule has 1 amide bonds. The first-order chi connectivity index (χ1) is 12.5. The molecule has 2 aromatic heterocycles. The van der Waals surface area contributed by atoms with Crippen LogP contribution in [0.1, 0.15) is 29.8 Å². The summed E-state index contributed by atoms with van der Waals surface area (Å²) in [7, 11) is 3.94. The van der Waals surface area contributed by atoms with E-state index in [1.165, 1.54) is 12.4 Å². The zero-order chi connectivity index (χ0) is 18.5. The number of anilines is 3. The fourth-order valence-electron chi connectivity index (χ4n) is 3.08. The van der Waals surface area contributed by atoms with Crippen LogP contribution in [0.4, 0.5) is 17.3 Å². The van der Waals surface area contributed by atoms with Gasteiger partial charge in [0, 0.05) is 45.6 Å². The normalized spacial score (nSPS) is 17.5. The van der Waals surface area contributed by atoms with Gasteiger partial charge in [-0.1, -0.05) is 0 Å². The molecule has 3 rings (SSSR count). The standard InChI is InChI=1S/C18H25N7O/c1-24(2)15-6-5-14(12-22-15)23-13-4-3-10-25(11-7-13)18(26)16-17(19)21-9-8-20-16/h5-6,8-9,12-13,23H,3-4,7,10-11H2,1-2H3,(H2,19,21). The highest BCUT2D eigenvalue weighted by molar-refractivity contribution is 5.96. The molecule has 0 radical (unpaired) electrons. The molecule has 26 heavy (non-hydrogen) atoms. The molecular formula is C18H25N7O. The molecule has 1 saturated heterocycles. The molecule has 3 N–H and O–H groups in total. The molecule has 8 nitrogen and oxygen atoms in total. The van der Waals surface area contributed by atoms with Crippen LogP contribution in [0.25, 0.3) is 0 Å². The van der Waals surface area contributed by atoms with Gasteiger partial charge in [0.25, 0.3) is 5.91 Å². The number of rotatable bonds is 4. The van der Waals surface area contributed by atoms with E-state index in [2.05, 4.69) is 20.3 Å². The number of pyridine rings is 1. The summed E-state index contributed by atoms with van der Waals surface area (Å²) in [5.74, 6) is 0.964. The van der Waals surface area contributed by atoms with Gasteiger partial charge in [0.05, 0.1) is 11.9 Å². The van der Waals surface area contributed by atoms with E-state index < -0.39 is 0 Å².